The van der Waals surface area contributed by atoms with Crippen molar-refractivity contribution in [1.29, 1.82) is 0 Å². The predicted octanol–water partition coefficient (Wildman–Crippen LogP) is 1.46. The first kappa shape index (κ1) is 14.2. The van der Waals surface area contributed by atoms with E-state index in [1.807, 2.05) is 30.3 Å². The molecule has 0 unspecified atom stereocenters. The van der Waals surface area contributed by atoms with Gasteiger partial charge in [-0.2, -0.15) is 0 Å². The monoisotopic (exact) mass is 271 g/mol. The van der Waals surface area contributed by atoms with Gasteiger partial charge in [-0.15, -0.1) is 0 Å². The summed E-state index contributed by atoms with van der Waals surface area (Å²) in [7, 11) is 0. The van der Waals surface area contributed by atoms with Crippen molar-refractivity contribution in [2.75, 3.05) is 13.2 Å². The number of ketones is 2. The van der Waals surface area contributed by atoms with Crippen LogP contribution in [-0.2, 0) is 16.1 Å². The molecule has 0 bridgehead atoms. The van der Waals surface area contributed by atoms with Crippen molar-refractivity contribution >= 4 is 11.6 Å². The van der Waals surface area contributed by atoms with Gasteiger partial charge >= 0.3 is 0 Å². The average molecular weight is 271 g/mol. The van der Waals surface area contributed by atoms with Crippen molar-refractivity contribution in [3.05, 3.63) is 59.3 Å². The van der Waals surface area contributed by atoms with E-state index < -0.39 is 0 Å². The number of hydrogen-bond donors (Lipinski definition) is 1. The van der Waals surface area contributed by atoms with E-state index in [2.05, 4.69) is 0 Å². The van der Waals surface area contributed by atoms with Crippen LogP contribution in [0.4, 0.5) is 0 Å². The lowest BCUT2D eigenvalue weighted by molar-refractivity contribution is -0.116. The summed E-state index contributed by atoms with van der Waals surface area (Å²) >= 11 is 0. The van der Waals surface area contributed by atoms with Gasteiger partial charge in [-0.25, -0.2) is 0 Å². The number of rotatable bonds is 5. The number of aliphatic hydroxyl groups is 1. The minimum absolute atomic E-state index is 0.0751. The summed E-state index contributed by atoms with van der Waals surface area (Å²) in [6.45, 7) is 2.35. The van der Waals surface area contributed by atoms with Gasteiger partial charge in [0, 0.05) is 24.7 Å². The van der Waals surface area contributed by atoms with E-state index in [4.69, 9.17) is 5.11 Å². The fourth-order valence-corrected chi connectivity index (χ4v) is 2.11. The summed E-state index contributed by atoms with van der Waals surface area (Å²) in [6.07, 6.45) is 2.71. The smallest absolute Gasteiger partial charge is 0.202 e. The Bertz CT molecular complexity index is 573. The number of aliphatic hydroxyl groups excluding tert-OH is 1. The van der Waals surface area contributed by atoms with Crippen LogP contribution in [-0.4, -0.2) is 34.7 Å². The number of hydrogen-bond acceptors (Lipinski definition) is 4. The molecule has 104 valence electrons. The molecule has 0 saturated heterocycles. The third kappa shape index (κ3) is 3.22. The highest BCUT2D eigenvalue weighted by atomic mass is 16.3. The Morgan fingerprint density at radius 1 is 1.05 bits per heavy atom. The Balaban J connectivity index is 2.23. The molecule has 20 heavy (non-hydrogen) atoms. The normalized spacial score (nSPS) is 14.9. The molecule has 1 aliphatic rings. The Morgan fingerprint density at radius 2 is 1.75 bits per heavy atom. The lowest BCUT2D eigenvalue weighted by atomic mass is 10.0. The van der Waals surface area contributed by atoms with Crippen LogP contribution in [0.1, 0.15) is 12.5 Å². The van der Waals surface area contributed by atoms with Crippen LogP contribution in [0.15, 0.2) is 53.8 Å². The fraction of sp³-hybridized carbons (Fsp3) is 0.250. The summed E-state index contributed by atoms with van der Waals surface area (Å²) in [5, 5.41) is 9.17. The number of benzene rings is 1. The van der Waals surface area contributed by atoms with E-state index in [0.717, 1.165) is 5.56 Å². The van der Waals surface area contributed by atoms with Gasteiger partial charge in [0.2, 0.25) is 5.78 Å². The van der Waals surface area contributed by atoms with Crippen LogP contribution in [0, 0.1) is 0 Å². The summed E-state index contributed by atoms with van der Waals surface area (Å²) in [5.74, 6) is -0.345. The summed E-state index contributed by atoms with van der Waals surface area (Å²) in [6, 6.07) is 9.64. The molecule has 0 aliphatic heterocycles. The van der Waals surface area contributed by atoms with E-state index in [1.54, 1.807) is 11.8 Å². The van der Waals surface area contributed by atoms with E-state index in [0.29, 0.717) is 24.4 Å². The van der Waals surface area contributed by atoms with Gasteiger partial charge in [-0.05, 0) is 18.6 Å². The molecule has 0 heterocycles. The van der Waals surface area contributed by atoms with Gasteiger partial charge in [0.25, 0.3) is 0 Å². The second kappa shape index (κ2) is 6.30. The van der Waals surface area contributed by atoms with Crippen molar-refractivity contribution in [2.24, 2.45) is 0 Å². The number of nitrogens with zero attached hydrogens (tertiary/aromatic N) is 1. The van der Waals surface area contributed by atoms with Gasteiger partial charge in [0.05, 0.1) is 12.3 Å². The molecular formula is C16H17NO3. The van der Waals surface area contributed by atoms with Gasteiger partial charge in [-0.3, -0.25) is 9.59 Å². The van der Waals surface area contributed by atoms with Crippen molar-refractivity contribution in [3.8, 4) is 0 Å². The molecule has 4 heteroatoms. The Labute approximate surface area is 118 Å². The van der Waals surface area contributed by atoms with Crippen LogP contribution in [0.25, 0.3) is 0 Å². The zero-order chi connectivity index (χ0) is 14.5. The first-order chi connectivity index (χ1) is 9.61. The molecule has 1 N–H and O–H groups in total. The molecule has 0 amide bonds. The molecule has 0 spiro atoms. The third-order valence-electron chi connectivity index (χ3n) is 3.18. The van der Waals surface area contributed by atoms with Crippen LogP contribution in [0.5, 0.6) is 0 Å². The number of carbonyl (C=O) groups is 2. The maximum absolute atomic E-state index is 12.0. The third-order valence-corrected chi connectivity index (χ3v) is 3.18. The molecular weight excluding hydrogens is 254 g/mol. The summed E-state index contributed by atoms with van der Waals surface area (Å²) in [4.78, 5) is 25.5. The Hall–Kier alpha value is -2.20. The van der Waals surface area contributed by atoms with Crippen LogP contribution < -0.4 is 0 Å². The zero-order valence-corrected chi connectivity index (χ0v) is 11.4. The molecule has 1 aliphatic carbocycles. The van der Waals surface area contributed by atoms with Crippen molar-refractivity contribution in [3.63, 3.8) is 0 Å². The highest BCUT2D eigenvalue weighted by Gasteiger charge is 2.22. The predicted molar refractivity (Wildman–Crippen MR) is 75.8 cm³/mol. The molecule has 0 fully saturated rings. The molecule has 0 aromatic heterocycles. The van der Waals surface area contributed by atoms with Crippen LogP contribution >= 0.6 is 0 Å². The van der Waals surface area contributed by atoms with Gasteiger partial charge in [-0.1, -0.05) is 30.3 Å². The highest BCUT2D eigenvalue weighted by Crippen LogP contribution is 2.17. The minimum Gasteiger partial charge on any atom is -0.395 e. The fourth-order valence-electron chi connectivity index (χ4n) is 2.11. The van der Waals surface area contributed by atoms with Crippen LogP contribution in [0.2, 0.25) is 0 Å². The van der Waals surface area contributed by atoms with Gasteiger partial charge in [0.15, 0.2) is 5.78 Å². The second-order valence-electron chi connectivity index (χ2n) is 4.72. The standard InChI is InChI=1S/C16H17NO3/c1-12-9-16(20)14(10-15(12)19)17(7-8-18)11-13-5-3-2-4-6-13/h2-6,9-10,18H,7-8,11H2,1H3. The lowest BCUT2D eigenvalue weighted by Gasteiger charge is -2.26. The first-order valence-electron chi connectivity index (χ1n) is 6.50. The maximum Gasteiger partial charge on any atom is 0.202 e. The van der Waals surface area contributed by atoms with E-state index in [9.17, 15) is 9.59 Å². The van der Waals surface area contributed by atoms with Crippen molar-refractivity contribution < 1.29 is 14.7 Å². The van der Waals surface area contributed by atoms with Crippen molar-refractivity contribution in [2.45, 2.75) is 13.5 Å². The van der Waals surface area contributed by atoms with E-state index in [1.165, 1.54) is 12.2 Å². The molecule has 4 nitrogen and oxygen atoms in total. The Kier molecular flexibility index (Phi) is 4.48. The molecule has 0 saturated carbocycles. The maximum atomic E-state index is 12.0. The summed E-state index contributed by atoms with van der Waals surface area (Å²) < 4.78 is 0. The summed E-state index contributed by atoms with van der Waals surface area (Å²) in [5.41, 5.74) is 1.81. The first-order valence-corrected chi connectivity index (χ1v) is 6.50. The van der Waals surface area contributed by atoms with Crippen LogP contribution in [0.3, 0.4) is 0 Å². The topological polar surface area (TPSA) is 57.6 Å². The highest BCUT2D eigenvalue weighted by molar-refractivity contribution is 6.19. The second-order valence-corrected chi connectivity index (χ2v) is 4.72. The average Bonchev–Trinajstić information content (AvgIpc) is 2.44. The molecule has 0 atom stereocenters. The van der Waals surface area contributed by atoms with Gasteiger partial charge < -0.3 is 10.0 Å². The zero-order valence-electron chi connectivity index (χ0n) is 11.4. The number of allylic oxidation sites excluding steroid dienone is 3. The molecule has 0 radical (unpaired) electrons. The van der Waals surface area contributed by atoms with Crippen molar-refractivity contribution in [1.82, 2.24) is 4.90 Å². The van der Waals surface area contributed by atoms with Gasteiger partial charge in [0.1, 0.15) is 0 Å². The van der Waals surface area contributed by atoms with E-state index >= 15 is 0 Å². The SMILES string of the molecule is CC1=CC(=O)C(N(CCO)Cc2ccccc2)=CC1=O. The van der Waals surface area contributed by atoms with E-state index in [-0.39, 0.29) is 18.2 Å². The lowest BCUT2D eigenvalue weighted by Crippen LogP contribution is -2.31. The minimum atomic E-state index is -0.188. The Morgan fingerprint density at radius 3 is 2.40 bits per heavy atom. The largest absolute Gasteiger partial charge is 0.395 e. The number of carbonyl (C=O) groups excluding carboxylic acids is 2. The molecule has 1 aromatic rings. The molecule has 2 rings (SSSR count). The quantitative estimate of drug-likeness (QED) is 0.824. The molecule has 1 aromatic carbocycles.